The quantitative estimate of drug-likeness (QED) is 0.874. The molecule has 1 aromatic carbocycles. The summed E-state index contributed by atoms with van der Waals surface area (Å²) in [7, 11) is 0. The summed E-state index contributed by atoms with van der Waals surface area (Å²) in [5.74, 6) is 0.0540. The van der Waals surface area contributed by atoms with Crippen molar-refractivity contribution in [1.82, 2.24) is 5.32 Å². The van der Waals surface area contributed by atoms with Crippen LogP contribution in [0.15, 0.2) is 30.3 Å². The Balaban J connectivity index is 2.18. The summed E-state index contributed by atoms with van der Waals surface area (Å²) in [5.41, 5.74) is -0.167. The lowest BCUT2D eigenvalue weighted by Crippen LogP contribution is -2.47. The van der Waals surface area contributed by atoms with Crippen LogP contribution in [-0.2, 0) is 10.2 Å². The van der Waals surface area contributed by atoms with Gasteiger partial charge in [-0.3, -0.25) is 4.79 Å². The number of carbonyl (C=O) groups excluding carboxylic acids is 1. The fourth-order valence-corrected chi connectivity index (χ4v) is 2.85. The number of nitrogens with one attached hydrogen (secondary N) is 1. The maximum Gasteiger partial charge on any atom is 0.230 e. The molecule has 0 atom stereocenters. The van der Waals surface area contributed by atoms with Gasteiger partial charge in [-0.1, -0.05) is 43.2 Å². The molecule has 19 heavy (non-hydrogen) atoms. The molecule has 0 heterocycles. The molecule has 0 bridgehead atoms. The minimum absolute atomic E-state index is 0.0540. The Hall–Kier alpha value is -1.35. The lowest BCUT2D eigenvalue weighted by atomic mass is 9.78. The number of aliphatic hydroxyl groups is 1. The Morgan fingerprint density at radius 3 is 2.37 bits per heavy atom. The average Bonchev–Trinajstić information content (AvgIpc) is 2.87. The predicted octanol–water partition coefficient (Wildman–Crippen LogP) is 2.39. The van der Waals surface area contributed by atoms with Crippen LogP contribution in [0, 0.1) is 0 Å². The van der Waals surface area contributed by atoms with E-state index in [0.29, 0.717) is 6.54 Å². The molecule has 0 aliphatic heterocycles. The van der Waals surface area contributed by atoms with Crippen molar-refractivity contribution in [3.8, 4) is 0 Å². The minimum Gasteiger partial charge on any atom is -0.389 e. The first kappa shape index (κ1) is 14.1. The maximum atomic E-state index is 12.6. The summed E-state index contributed by atoms with van der Waals surface area (Å²) < 4.78 is 0. The van der Waals surface area contributed by atoms with Crippen LogP contribution >= 0.6 is 0 Å². The molecule has 1 amide bonds. The molecule has 1 saturated carbocycles. The third-order valence-corrected chi connectivity index (χ3v) is 3.90. The highest BCUT2D eigenvalue weighted by atomic mass is 16.3. The van der Waals surface area contributed by atoms with Crippen molar-refractivity contribution < 1.29 is 9.90 Å². The normalized spacial score (nSPS) is 18.3. The maximum absolute atomic E-state index is 12.6. The summed E-state index contributed by atoms with van der Waals surface area (Å²) in [6.45, 7) is 3.70. The molecule has 0 radical (unpaired) electrons. The monoisotopic (exact) mass is 261 g/mol. The fourth-order valence-electron chi connectivity index (χ4n) is 2.85. The van der Waals surface area contributed by atoms with Crippen molar-refractivity contribution >= 4 is 5.91 Å². The number of benzene rings is 1. The van der Waals surface area contributed by atoms with Gasteiger partial charge in [-0.05, 0) is 32.3 Å². The molecule has 1 fully saturated rings. The highest BCUT2D eigenvalue weighted by molar-refractivity contribution is 5.88. The van der Waals surface area contributed by atoms with E-state index >= 15 is 0 Å². The number of carbonyl (C=O) groups is 1. The largest absolute Gasteiger partial charge is 0.389 e. The first-order chi connectivity index (χ1) is 8.94. The van der Waals surface area contributed by atoms with E-state index in [4.69, 9.17) is 0 Å². The Labute approximate surface area is 115 Å². The van der Waals surface area contributed by atoms with E-state index in [1.54, 1.807) is 13.8 Å². The Bertz CT molecular complexity index is 428. The molecule has 0 spiro atoms. The third-order valence-electron chi connectivity index (χ3n) is 3.90. The Kier molecular flexibility index (Phi) is 3.95. The van der Waals surface area contributed by atoms with Crippen molar-refractivity contribution in [3.63, 3.8) is 0 Å². The predicted molar refractivity (Wildman–Crippen MR) is 75.9 cm³/mol. The van der Waals surface area contributed by atoms with Gasteiger partial charge in [-0.15, -0.1) is 0 Å². The molecule has 0 saturated heterocycles. The van der Waals surface area contributed by atoms with Gasteiger partial charge >= 0.3 is 0 Å². The van der Waals surface area contributed by atoms with Crippen molar-refractivity contribution in [2.24, 2.45) is 0 Å². The van der Waals surface area contributed by atoms with E-state index in [-0.39, 0.29) is 5.91 Å². The van der Waals surface area contributed by atoms with Crippen LogP contribution in [0.1, 0.15) is 45.1 Å². The summed E-state index contributed by atoms with van der Waals surface area (Å²) in [4.78, 5) is 12.6. The molecule has 1 aliphatic carbocycles. The van der Waals surface area contributed by atoms with Gasteiger partial charge < -0.3 is 10.4 Å². The lowest BCUT2D eigenvalue weighted by Gasteiger charge is -2.30. The SMILES string of the molecule is CC(C)(O)CNC(=O)C1(c2ccccc2)CCCC1. The summed E-state index contributed by atoms with van der Waals surface area (Å²) >= 11 is 0. The fraction of sp³-hybridized carbons (Fsp3) is 0.562. The van der Waals surface area contributed by atoms with E-state index in [1.807, 2.05) is 30.3 Å². The van der Waals surface area contributed by atoms with Gasteiger partial charge in [-0.25, -0.2) is 0 Å². The molecule has 2 N–H and O–H groups in total. The first-order valence-electron chi connectivity index (χ1n) is 7.00. The molecule has 3 nitrogen and oxygen atoms in total. The van der Waals surface area contributed by atoms with Crippen molar-refractivity contribution in [2.45, 2.75) is 50.5 Å². The number of amides is 1. The lowest BCUT2D eigenvalue weighted by molar-refractivity contribution is -0.127. The summed E-state index contributed by atoms with van der Waals surface area (Å²) in [6, 6.07) is 10.0. The summed E-state index contributed by atoms with van der Waals surface area (Å²) in [5, 5.41) is 12.7. The van der Waals surface area contributed by atoms with Crippen molar-refractivity contribution in [2.75, 3.05) is 6.54 Å². The molecule has 0 aromatic heterocycles. The highest BCUT2D eigenvalue weighted by Crippen LogP contribution is 2.41. The Morgan fingerprint density at radius 2 is 1.84 bits per heavy atom. The molecule has 2 rings (SSSR count). The van der Waals surface area contributed by atoms with Gasteiger partial charge in [0.1, 0.15) is 0 Å². The number of hydrogen-bond acceptors (Lipinski definition) is 2. The zero-order valence-electron chi connectivity index (χ0n) is 11.8. The van der Waals surface area contributed by atoms with Crippen molar-refractivity contribution in [1.29, 1.82) is 0 Å². The average molecular weight is 261 g/mol. The smallest absolute Gasteiger partial charge is 0.230 e. The van der Waals surface area contributed by atoms with Crippen LogP contribution < -0.4 is 5.32 Å². The molecule has 3 heteroatoms. The molecule has 1 aliphatic rings. The van der Waals surface area contributed by atoms with E-state index in [9.17, 15) is 9.90 Å². The Morgan fingerprint density at radius 1 is 1.26 bits per heavy atom. The minimum atomic E-state index is -0.869. The third kappa shape index (κ3) is 3.16. The first-order valence-corrected chi connectivity index (χ1v) is 7.00. The number of rotatable bonds is 4. The van der Waals surface area contributed by atoms with Crippen LogP contribution in [0.4, 0.5) is 0 Å². The molecular formula is C16H23NO2. The van der Waals surface area contributed by atoms with Crippen LogP contribution in [0.2, 0.25) is 0 Å². The summed E-state index contributed by atoms with van der Waals surface area (Å²) in [6.07, 6.45) is 3.97. The topological polar surface area (TPSA) is 49.3 Å². The van der Waals surface area contributed by atoms with Crippen LogP contribution in [-0.4, -0.2) is 23.2 Å². The standard InChI is InChI=1S/C16H23NO2/c1-15(2,19)12-17-14(18)16(10-6-7-11-16)13-8-4-3-5-9-13/h3-5,8-9,19H,6-7,10-12H2,1-2H3,(H,17,18). The molecule has 0 unspecified atom stereocenters. The van der Waals surface area contributed by atoms with E-state index < -0.39 is 11.0 Å². The van der Waals surface area contributed by atoms with E-state index in [2.05, 4.69) is 5.32 Å². The van der Waals surface area contributed by atoms with Crippen LogP contribution in [0.25, 0.3) is 0 Å². The second kappa shape index (κ2) is 5.33. The zero-order chi connectivity index (χ0) is 13.9. The van der Waals surface area contributed by atoms with E-state index in [0.717, 1.165) is 31.2 Å². The van der Waals surface area contributed by atoms with Gasteiger partial charge in [0.15, 0.2) is 0 Å². The van der Waals surface area contributed by atoms with Gasteiger partial charge in [0, 0.05) is 6.54 Å². The van der Waals surface area contributed by atoms with Gasteiger partial charge in [0.2, 0.25) is 5.91 Å². The van der Waals surface area contributed by atoms with Crippen LogP contribution in [0.5, 0.6) is 0 Å². The van der Waals surface area contributed by atoms with Gasteiger partial charge in [0.05, 0.1) is 11.0 Å². The van der Waals surface area contributed by atoms with Gasteiger partial charge in [-0.2, -0.15) is 0 Å². The molecule has 1 aromatic rings. The number of hydrogen-bond donors (Lipinski definition) is 2. The van der Waals surface area contributed by atoms with Crippen LogP contribution in [0.3, 0.4) is 0 Å². The second-order valence-corrected chi connectivity index (χ2v) is 6.15. The van der Waals surface area contributed by atoms with E-state index in [1.165, 1.54) is 0 Å². The molecule has 104 valence electrons. The molecular weight excluding hydrogens is 238 g/mol. The van der Waals surface area contributed by atoms with Crippen molar-refractivity contribution in [3.05, 3.63) is 35.9 Å². The zero-order valence-corrected chi connectivity index (χ0v) is 11.8. The van der Waals surface area contributed by atoms with Gasteiger partial charge in [0.25, 0.3) is 0 Å². The highest BCUT2D eigenvalue weighted by Gasteiger charge is 2.42. The second-order valence-electron chi connectivity index (χ2n) is 6.15.